The number of ether oxygens (including phenoxy) is 1. The molecule has 2 aromatic rings. The van der Waals surface area contributed by atoms with E-state index in [0.29, 0.717) is 25.4 Å². The van der Waals surface area contributed by atoms with Gasteiger partial charge in [0, 0.05) is 6.07 Å². The molecule has 0 aliphatic heterocycles. The summed E-state index contributed by atoms with van der Waals surface area (Å²) < 4.78 is 7.50. The number of fused-ring (bicyclic) bond motifs is 1. The molecule has 6 nitrogen and oxygen atoms in total. The van der Waals surface area contributed by atoms with E-state index in [4.69, 9.17) is 4.74 Å². The van der Waals surface area contributed by atoms with Gasteiger partial charge in [0.2, 0.25) is 0 Å². The first kappa shape index (κ1) is 14.3. The summed E-state index contributed by atoms with van der Waals surface area (Å²) in [4.78, 5) is 4.42. The summed E-state index contributed by atoms with van der Waals surface area (Å²) in [7, 11) is 0. The van der Waals surface area contributed by atoms with Gasteiger partial charge >= 0.3 is 0 Å². The molecule has 0 saturated heterocycles. The zero-order valence-electron chi connectivity index (χ0n) is 12.8. The smallest absolute Gasteiger partial charge is 0.178 e. The predicted molar refractivity (Wildman–Crippen MR) is 79.2 cm³/mol. The van der Waals surface area contributed by atoms with Crippen LogP contribution in [0.1, 0.15) is 46.1 Å². The lowest BCUT2D eigenvalue weighted by Crippen LogP contribution is -2.42. The van der Waals surface area contributed by atoms with Gasteiger partial charge < -0.3 is 9.84 Å². The maximum Gasteiger partial charge on any atom is 0.178 e. The first-order valence-corrected chi connectivity index (χ1v) is 7.51. The summed E-state index contributed by atoms with van der Waals surface area (Å²) in [6.07, 6.45) is 4.13. The van der Waals surface area contributed by atoms with Crippen LogP contribution in [0.3, 0.4) is 0 Å². The molecule has 0 unspecified atom stereocenters. The number of aliphatic hydroxyl groups is 1. The Morgan fingerprint density at radius 3 is 2.90 bits per heavy atom. The summed E-state index contributed by atoms with van der Waals surface area (Å²) in [5.74, 6) is 1.35. The molecule has 21 heavy (non-hydrogen) atoms. The van der Waals surface area contributed by atoms with Crippen LogP contribution in [0.5, 0.6) is 5.75 Å². The van der Waals surface area contributed by atoms with Crippen LogP contribution < -0.4 is 4.74 Å². The lowest BCUT2D eigenvalue weighted by Gasteiger charge is -2.40. The molecule has 0 radical (unpaired) electrons. The summed E-state index contributed by atoms with van der Waals surface area (Å²) in [5, 5.41) is 18.2. The Labute approximate surface area is 124 Å². The van der Waals surface area contributed by atoms with Gasteiger partial charge in [-0.15, -0.1) is 5.10 Å². The van der Waals surface area contributed by atoms with Gasteiger partial charge in [0.25, 0.3) is 0 Å². The standard InChI is InChI=1S/C15H22N4O2/c1-10(2)4-5-21-12-6-13-14(16-9-12)19(18-17-13)11-7-15(3,20)8-11/h6,9-11,20H,4-5,7-8H2,1-3H3/t11-,15+. The minimum atomic E-state index is -0.581. The van der Waals surface area contributed by atoms with Crippen molar-refractivity contribution >= 4 is 11.2 Å². The molecule has 2 aromatic heterocycles. The number of rotatable bonds is 5. The summed E-state index contributed by atoms with van der Waals surface area (Å²) in [6, 6.07) is 2.06. The van der Waals surface area contributed by atoms with Crippen molar-refractivity contribution in [2.45, 2.75) is 51.7 Å². The molecule has 1 aliphatic carbocycles. The predicted octanol–water partition coefficient (Wildman–Crippen LogP) is 2.34. The average molecular weight is 290 g/mol. The van der Waals surface area contributed by atoms with Gasteiger partial charge in [-0.05, 0) is 32.1 Å². The number of hydrogen-bond acceptors (Lipinski definition) is 5. The molecule has 1 aliphatic rings. The van der Waals surface area contributed by atoms with E-state index in [9.17, 15) is 5.11 Å². The Hall–Kier alpha value is -1.69. The molecule has 1 saturated carbocycles. The average Bonchev–Trinajstić information content (AvgIpc) is 2.78. The van der Waals surface area contributed by atoms with Crippen molar-refractivity contribution < 1.29 is 9.84 Å². The zero-order valence-corrected chi connectivity index (χ0v) is 12.8. The maximum atomic E-state index is 9.84. The van der Waals surface area contributed by atoms with E-state index in [1.807, 2.05) is 17.7 Å². The van der Waals surface area contributed by atoms with Crippen LogP contribution in [-0.4, -0.2) is 37.3 Å². The molecule has 114 valence electrons. The van der Waals surface area contributed by atoms with Crippen molar-refractivity contribution in [2.24, 2.45) is 5.92 Å². The summed E-state index contributed by atoms with van der Waals surface area (Å²) in [5.41, 5.74) is 0.915. The van der Waals surface area contributed by atoms with Gasteiger partial charge in [0.1, 0.15) is 11.3 Å². The highest BCUT2D eigenvalue weighted by Crippen LogP contribution is 2.41. The topological polar surface area (TPSA) is 73.1 Å². The van der Waals surface area contributed by atoms with Gasteiger partial charge in [0.15, 0.2) is 5.65 Å². The fourth-order valence-corrected chi connectivity index (χ4v) is 2.68. The van der Waals surface area contributed by atoms with E-state index in [1.54, 1.807) is 6.20 Å². The Kier molecular flexibility index (Phi) is 3.57. The van der Waals surface area contributed by atoms with Gasteiger partial charge in [0.05, 0.1) is 24.4 Å². The van der Waals surface area contributed by atoms with Crippen molar-refractivity contribution in [1.29, 1.82) is 0 Å². The van der Waals surface area contributed by atoms with Crippen LogP contribution in [0, 0.1) is 5.92 Å². The van der Waals surface area contributed by atoms with Crippen molar-refractivity contribution in [3.63, 3.8) is 0 Å². The third-order valence-corrected chi connectivity index (χ3v) is 3.95. The molecule has 0 spiro atoms. The van der Waals surface area contributed by atoms with Crippen LogP contribution in [-0.2, 0) is 0 Å². The van der Waals surface area contributed by atoms with E-state index >= 15 is 0 Å². The zero-order chi connectivity index (χ0) is 15.0. The summed E-state index contributed by atoms with van der Waals surface area (Å²) in [6.45, 7) is 6.87. The Morgan fingerprint density at radius 1 is 1.48 bits per heavy atom. The van der Waals surface area contributed by atoms with Crippen LogP contribution in [0.15, 0.2) is 12.3 Å². The molecular weight excluding hydrogens is 268 g/mol. The molecule has 0 amide bonds. The lowest BCUT2D eigenvalue weighted by atomic mass is 9.77. The highest BCUT2D eigenvalue weighted by Gasteiger charge is 2.40. The van der Waals surface area contributed by atoms with Crippen molar-refractivity contribution in [2.75, 3.05) is 6.61 Å². The highest BCUT2D eigenvalue weighted by molar-refractivity contribution is 5.71. The lowest BCUT2D eigenvalue weighted by molar-refractivity contribution is -0.0536. The van der Waals surface area contributed by atoms with Crippen molar-refractivity contribution in [3.8, 4) is 5.75 Å². The van der Waals surface area contributed by atoms with Crippen LogP contribution in [0.4, 0.5) is 0 Å². The fraction of sp³-hybridized carbons (Fsp3) is 0.667. The molecule has 1 fully saturated rings. The Balaban J connectivity index is 1.72. The normalized spacial score (nSPS) is 25.3. The molecule has 0 bridgehead atoms. The van der Waals surface area contributed by atoms with Crippen LogP contribution >= 0.6 is 0 Å². The number of hydrogen-bond donors (Lipinski definition) is 1. The molecule has 3 rings (SSSR count). The van der Waals surface area contributed by atoms with Crippen molar-refractivity contribution in [3.05, 3.63) is 12.3 Å². The van der Waals surface area contributed by atoms with Gasteiger partial charge in [-0.2, -0.15) is 0 Å². The highest BCUT2D eigenvalue weighted by atomic mass is 16.5. The minimum Gasteiger partial charge on any atom is -0.492 e. The van der Waals surface area contributed by atoms with E-state index < -0.39 is 5.60 Å². The fourth-order valence-electron chi connectivity index (χ4n) is 2.68. The first-order chi connectivity index (χ1) is 9.94. The molecule has 2 heterocycles. The second kappa shape index (κ2) is 5.26. The SMILES string of the molecule is CC(C)CCOc1cnc2c(c1)nnn2[C@H]1C[C@@](C)(O)C1. The largest absolute Gasteiger partial charge is 0.492 e. The minimum absolute atomic E-state index is 0.185. The maximum absolute atomic E-state index is 9.84. The van der Waals surface area contributed by atoms with Crippen molar-refractivity contribution in [1.82, 2.24) is 20.0 Å². The molecule has 6 heteroatoms. The van der Waals surface area contributed by atoms with E-state index in [1.165, 1.54) is 0 Å². The van der Waals surface area contributed by atoms with Gasteiger partial charge in [-0.3, -0.25) is 0 Å². The van der Waals surface area contributed by atoms with Gasteiger partial charge in [-0.25, -0.2) is 9.67 Å². The second-order valence-electron chi connectivity index (χ2n) is 6.64. The number of aromatic nitrogens is 4. The van der Waals surface area contributed by atoms with Crippen LogP contribution in [0.25, 0.3) is 11.2 Å². The molecule has 0 atom stereocenters. The monoisotopic (exact) mass is 290 g/mol. The second-order valence-corrected chi connectivity index (χ2v) is 6.64. The summed E-state index contributed by atoms with van der Waals surface area (Å²) >= 11 is 0. The molecule has 1 N–H and O–H groups in total. The van der Waals surface area contributed by atoms with E-state index in [2.05, 4.69) is 29.1 Å². The van der Waals surface area contributed by atoms with E-state index in [-0.39, 0.29) is 6.04 Å². The third kappa shape index (κ3) is 3.00. The van der Waals surface area contributed by atoms with Gasteiger partial charge in [-0.1, -0.05) is 19.1 Å². The number of pyridine rings is 1. The number of nitrogens with zero attached hydrogens (tertiary/aromatic N) is 4. The molecule has 0 aromatic carbocycles. The Morgan fingerprint density at radius 2 is 2.24 bits per heavy atom. The third-order valence-electron chi connectivity index (χ3n) is 3.95. The molecular formula is C15H22N4O2. The first-order valence-electron chi connectivity index (χ1n) is 7.51. The van der Waals surface area contributed by atoms with Crippen LogP contribution in [0.2, 0.25) is 0 Å². The van der Waals surface area contributed by atoms with E-state index in [0.717, 1.165) is 23.3 Å². The Bertz CT molecular complexity index is 628. The quantitative estimate of drug-likeness (QED) is 0.915.